The Morgan fingerprint density at radius 2 is 2.06 bits per heavy atom. The molecule has 2 rings (SSSR count). The minimum Gasteiger partial charge on any atom is -0.480 e. The summed E-state index contributed by atoms with van der Waals surface area (Å²) in [6, 6.07) is 9.05. The molecule has 1 aromatic rings. The van der Waals surface area contributed by atoms with E-state index in [1.165, 1.54) is 12.8 Å². The molecular formula is C14H20N2O2. The molecule has 1 atom stereocenters. The van der Waals surface area contributed by atoms with Gasteiger partial charge in [0.25, 0.3) is 0 Å². The van der Waals surface area contributed by atoms with E-state index in [-0.39, 0.29) is 0 Å². The predicted octanol–water partition coefficient (Wildman–Crippen LogP) is 1.27. The van der Waals surface area contributed by atoms with E-state index in [1.54, 1.807) is 12.1 Å². The fourth-order valence-electron chi connectivity index (χ4n) is 2.25. The summed E-state index contributed by atoms with van der Waals surface area (Å²) in [5.41, 5.74) is 5.44. The van der Waals surface area contributed by atoms with Crippen molar-refractivity contribution >= 4 is 5.97 Å². The van der Waals surface area contributed by atoms with Gasteiger partial charge in [0.05, 0.1) is 0 Å². The molecule has 98 valence electrons. The van der Waals surface area contributed by atoms with Crippen LogP contribution in [-0.2, 0) is 10.3 Å². The van der Waals surface area contributed by atoms with Crippen LogP contribution in [-0.4, -0.2) is 36.1 Å². The number of likely N-dealkylation sites (N-methyl/N-ethyl adjacent to an activating group) is 1. The average Bonchev–Trinajstić information content (AvgIpc) is 3.13. The molecule has 1 unspecified atom stereocenters. The van der Waals surface area contributed by atoms with Crippen molar-refractivity contribution in [3.63, 3.8) is 0 Å². The molecule has 0 heterocycles. The smallest absolute Gasteiger partial charge is 0.329 e. The molecule has 3 N–H and O–H groups in total. The number of carboxylic acid groups (broad SMARTS) is 1. The third kappa shape index (κ3) is 2.89. The molecular weight excluding hydrogens is 228 g/mol. The maximum Gasteiger partial charge on any atom is 0.329 e. The van der Waals surface area contributed by atoms with Crippen LogP contribution in [0.5, 0.6) is 0 Å². The largest absolute Gasteiger partial charge is 0.480 e. The summed E-state index contributed by atoms with van der Waals surface area (Å²) < 4.78 is 0. The van der Waals surface area contributed by atoms with Crippen LogP contribution < -0.4 is 5.73 Å². The number of benzene rings is 1. The third-order valence-corrected chi connectivity index (χ3v) is 3.46. The van der Waals surface area contributed by atoms with E-state index in [2.05, 4.69) is 0 Å². The van der Waals surface area contributed by atoms with Gasteiger partial charge in [-0.2, -0.15) is 0 Å². The minimum absolute atomic E-state index is 0.336. The van der Waals surface area contributed by atoms with Gasteiger partial charge in [-0.3, -0.25) is 0 Å². The number of rotatable bonds is 6. The fourth-order valence-corrected chi connectivity index (χ4v) is 2.25. The molecule has 1 aromatic carbocycles. The zero-order valence-electron chi connectivity index (χ0n) is 10.7. The molecule has 0 radical (unpaired) electrons. The van der Waals surface area contributed by atoms with Crippen molar-refractivity contribution in [2.24, 2.45) is 11.7 Å². The maximum atomic E-state index is 11.5. The molecule has 1 saturated carbocycles. The van der Waals surface area contributed by atoms with Crippen molar-refractivity contribution < 1.29 is 9.90 Å². The molecule has 0 bridgehead atoms. The summed E-state index contributed by atoms with van der Waals surface area (Å²) in [5, 5.41) is 9.43. The Labute approximate surface area is 107 Å². The molecule has 1 aliphatic carbocycles. The number of aliphatic carboxylic acids is 1. The lowest BCUT2D eigenvalue weighted by Crippen LogP contribution is -2.53. The van der Waals surface area contributed by atoms with Crippen molar-refractivity contribution in [2.45, 2.75) is 18.4 Å². The summed E-state index contributed by atoms with van der Waals surface area (Å²) in [6.45, 7) is 1.27. The van der Waals surface area contributed by atoms with Crippen LogP contribution in [0.4, 0.5) is 0 Å². The van der Waals surface area contributed by atoms with Gasteiger partial charge >= 0.3 is 5.97 Å². The van der Waals surface area contributed by atoms with Crippen LogP contribution in [0.2, 0.25) is 0 Å². The molecule has 1 aliphatic rings. The van der Waals surface area contributed by atoms with E-state index >= 15 is 0 Å². The Morgan fingerprint density at radius 3 is 2.56 bits per heavy atom. The summed E-state index contributed by atoms with van der Waals surface area (Å²) >= 11 is 0. The number of hydrogen-bond acceptors (Lipinski definition) is 3. The third-order valence-electron chi connectivity index (χ3n) is 3.46. The molecule has 0 spiro atoms. The van der Waals surface area contributed by atoms with Gasteiger partial charge in [-0.25, -0.2) is 4.79 Å². The van der Waals surface area contributed by atoms with Crippen molar-refractivity contribution in [3.05, 3.63) is 35.9 Å². The van der Waals surface area contributed by atoms with E-state index in [4.69, 9.17) is 5.73 Å². The van der Waals surface area contributed by atoms with E-state index in [0.717, 1.165) is 12.5 Å². The van der Waals surface area contributed by atoms with Gasteiger partial charge in [-0.1, -0.05) is 30.3 Å². The average molecular weight is 248 g/mol. The van der Waals surface area contributed by atoms with Gasteiger partial charge in [0.1, 0.15) is 0 Å². The summed E-state index contributed by atoms with van der Waals surface area (Å²) in [5.74, 6) is -0.250. The number of hydrogen-bond donors (Lipinski definition) is 2. The predicted molar refractivity (Wildman–Crippen MR) is 70.2 cm³/mol. The first-order chi connectivity index (χ1) is 8.52. The standard InChI is InChI=1S/C14H20N2O2/c1-16(9-11-7-8-11)10-14(15,13(17)18)12-5-3-2-4-6-12/h2-6,11H,7-10,15H2,1H3,(H,17,18). The SMILES string of the molecule is CN(CC1CC1)CC(N)(C(=O)O)c1ccccc1. The van der Waals surface area contributed by atoms with Gasteiger partial charge in [-0.15, -0.1) is 0 Å². The Hall–Kier alpha value is -1.39. The first kappa shape index (κ1) is 13.1. The molecule has 0 aliphatic heterocycles. The summed E-state index contributed by atoms with van der Waals surface area (Å²) in [6.07, 6.45) is 2.50. The van der Waals surface area contributed by atoms with E-state index in [0.29, 0.717) is 12.1 Å². The number of carboxylic acids is 1. The van der Waals surface area contributed by atoms with Gasteiger partial charge in [-0.05, 0) is 31.4 Å². The highest BCUT2D eigenvalue weighted by Gasteiger charge is 2.38. The second kappa shape index (κ2) is 5.08. The molecule has 0 saturated heterocycles. The summed E-state index contributed by atoms with van der Waals surface area (Å²) in [7, 11) is 1.94. The quantitative estimate of drug-likeness (QED) is 0.795. The second-order valence-corrected chi connectivity index (χ2v) is 5.28. The molecule has 18 heavy (non-hydrogen) atoms. The highest BCUT2D eigenvalue weighted by molar-refractivity contribution is 5.80. The molecule has 0 amide bonds. The van der Waals surface area contributed by atoms with E-state index in [1.807, 2.05) is 30.1 Å². The summed E-state index contributed by atoms with van der Waals surface area (Å²) in [4.78, 5) is 13.5. The molecule has 4 nitrogen and oxygen atoms in total. The number of nitrogens with two attached hydrogens (primary N) is 1. The second-order valence-electron chi connectivity index (χ2n) is 5.28. The highest BCUT2D eigenvalue weighted by Crippen LogP contribution is 2.30. The normalized spacial score (nSPS) is 18.6. The van der Waals surface area contributed by atoms with Crippen LogP contribution in [0.1, 0.15) is 18.4 Å². The Balaban J connectivity index is 2.13. The Bertz CT molecular complexity index is 417. The van der Waals surface area contributed by atoms with Crippen LogP contribution in [0, 0.1) is 5.92 Å². The first-order valence-corrected chi connectivity index (χ1v) is 6.29. The van der Waals surface area contributed by atoms with Crippen LogP contribution in [0.25, 0.3) is 0 Å². The van der Waals surface area contributed by atoms with Gasteiger partial charge in [0, 0.05) is 13.1 Å². The van der Waals surface area contributed by atoms with Crippen LogP contribution in [0.3, 0.4) is 0 Å². The lowest BCUT2D eigenvalue weighted by Gasteiger charge is -2.30. The van der Waals surface area contributed by atoms with Gasteiger partial charge in [0.15, 0.2) is 5.54 Å². The minimum atomic E-state index is -1.33. The van der Waals surface area contributed by atoms with Crippen LogP contribution >= 0.6 is 0 Å². The first-order valence-electron chi connectivity index (χ1n) is 6.29. The monoisotopic (exact) mass is 248 g/mol. The Kier molecular flexibility index (Phi) is 3.68. The highest BCUT2D eigenvalue weighted by atomic mass is 16.4. The van der Waals surface area contributed by atoms with Crippen molar-refractivity contribution in [2.75, 3.05) is 20.1 Å². The fraction of sp³-hybridized carbons (Fsp3) is 0.500. The van der Waals surface area contributed by atoms with Crippen molar-refractivity contribution in [1.82, 2.24) is 4.90 Å². The molecule has 1 fully saturated rings. The lowest BCUT2D eigenvalue weighted by molar-refractivity contribution is -0.144. The van der Waals surface area contributed by atoms with E-state index in [9.17, 15) is 9.90 Å². The van der Waals surface area contributed by atoms with Crippen molar-refractivity contribution in [1.29, 1.82) is 0 Å². The zero-order valence-corrected chi connectivity index (χ0v) is 10.7. The number of carbonyl (C=O) groups is 1. The number of nitrogens with zero attached hydrogens (tertiary/aromatic N) is 1. The molecule has 4 heteroatoms. The zero-order chi connectivity index (χ0) is 13.2. The van der Waals surface area contributed by atoms with Crippen LogP contribution in [0.15, 0.2) is 30.3 Å². The maximum absolute atomic E-state index is 11.5. The Morgan fingerprint density at radius 1 is 1.44 bits per heavy atom. The van der Waals surface area contributed by atoms with Gasteiger partial charge < -0.3 is 15.7 Å². The van der Waals surface area contributed by atoms with E-state index < -0.39 is 11.5 Å². The lowest BCUT2D eigenvalue weighted by atomic mass is 9.90. The topological polar surface area (TPSA) is 66.6 Å². The molecule has 0 aromatic heterocycles. The van der Waals surface area contributed by atoms with Crippen molar-refractivity contribution in [3.8, 4) is 0 Å². The van der Waals surface area contributed by atoms with Gasteiger partial charge in [0.2, 0.25) is 0 Å².